The van der Waals surface area contributed by atoms with Gasteiger partial charge in [0.05, 0.1) is 13.2 Å². The summed E-state index contributed by atoms with van der Waals surface area (Å²) in [4.78, 5) is 21.2. The minimum atomic E-state index is 0.574. The van der Waals surface area contributed by atoms with E-state index in [1.165, 1.54) is 16.8 Å². The van der Waals surface area contributed by atoms with E-state index in [9.17, 15) is 0 Å². The smallest absolute Gasteiger partial charge is 0.233 e. The average Bonchev–Trinajstić information content (AvgIpc) is 2.90. The molecule has 3 heterocycles. The molecular formula is C26H33N7O. The van der Waals surface area contributed by atoms with Gasteiger partial charge in [-0.25, -0.2) is 0 Å². The number of hydrogen-bond donors (Lipinski definition) is 1. The Bertz CT molecular complexity index is 1090. The quantitative estimate of drug-likeness (QED) is 0.571. The van der Waals surface area contributed by atoms with E-state index in [-0.39, 0.29) is 0 Å². The summed E-state index contributed by atoms with van der Waals surface area (Å²) in [7, 11) is 0. The second-order valence-corrected chi connectivity index (χ2v) is 8.64. The maximum Gasteiger partial charge on any atom is 0.233 e. The SMILES string of the molecule is CCN(CC)c1nc(Nc2ccc(N3CCOCC3)cc2)nc(N2CCc3ccccc3C2)n1. The molecule has 0 spiro atoms. The van der Waals surface area contributed by atoms with Gasteiger partial charge in [-0.3, -0.25) is 0 Å². The lowest BCUT2D eigenvalue weighted by Crippen LogP contribution is -2.36. The zero-order chi connectivity index (χ0) is 23.3. The van der Waals surface area contributed by atoms with Gasteiger partial charge in [0, 0.05) is 50.6 Å². The maximum atomic E-state index is 5.47. The van der Waals surface area contributed by atoms with Gasteiger partial charge in [0.25, 0.3) is 0 Å². The Morgan fingerprint density at radius 1 is 0.853 bits per heavy atom. The normalized spacial score (nSPS) is 15.7. The molecule has 34 heavy (non-hydrogen) atoms. The summed E-state index contributed by atoms with van der Waals surface area (Å²) in [6.45, 7) is 11.1. The summed E-state index contributed by atoms with van der Waals surface area (Å²) < 4.78 is 5.47. The van der Waals surface area contributed by atoms with Crippen LogP contribution in [0.25, 0.3) is 0 Å². The minimum absolute atomic E-state index is 0.574. The predicted molar refractivity (Wildman–Crippen MR) is 137 cm³/mol. The van der Waals surface area contributed by atoms with Crippen LogP contribution in [0, 0.1) is 0 Å². The maximum absolute atomic E-state index is 5.47. The Balaban J connectivity index is 1.39. The Hall–Kier alpha value is -3.39. The van der Waals surface area contributed by atoms with Crippen LogP contribution in [0.15, 0.2) is 48.5 Å². The first-order valence-electron chi connectivity index (χ1n) is 12.3. The summed E-state index contributed by atoms with van der Waals surface area (Å²) in [5, 5.41) is 3.42. The van der Waals surface area contributed by atoms with Crippen molar-refractivity contribution in [2.24, 2.45) is 0 Å². The number of rotatable bonds is 7. The van der Waals surface area contributed by atoms with E-state index in [1.54, 1.807) is 0 Å². The molecular weight excluding hydrogens is 426 g/mol. The Morgan fingerprint density at radius 3 is 2.32 bits per heavy atom. The summed E-state index contributed by atoms with van der Waals surface area (Å²) in [6, 6.07) is 17.1. The van der Waals surface area contributed by atoms with Crippen molar-refractivity contribution in [1.82, 2.24) is 15.0 Å². The fourth-order valence-electron chi connectivity index (χ4n) is 4.57. The highest BCUT2D eigenvalue weighted by Gasteiger charge is 2.21. The number of hydrogen-bond acceptors (Lipinski definition) is 8. The molecule has 8 nitrogen and oxygen atoms in total. The highest BCUT2D eigenvalue weighted by Crippen LogP contribution is 2.26. The topological polar surface area (TPSA) is 69.7 Å². The third-order valence-electron chi connectivity index (χ3n) is 6.57. The van der Waals surface area contributed by atoms with Crippen molar-refractivity contribution in [3.05, 3.63) is 59.7 Å². The van der Waals surface area contributed by atoms with Crippen LogP contribution in [-0.2, 0) is 17.7 Å². The highest BCUT2D eigenvalue weighted by molar-refractivity contribution is 5.61. The molecule has 1 saturated heterocycles. The molecule has 1 N–H and O–H groups in total. The van der Waals surface area contributed by atoms with Crippen molar-refractivity contribution in [3.8, 4) is 0 Å². The van der Waals surface area contributed by atoms with Gasteiger partial charge in [-0.2, -0.15) is 15.0 Å². The van der Waals surface area contributed by atoms with Crippen LogP contribution in [0.3, 0.4) is 0 Å². The zero-order valence-corrected chi connectivity index (χ0v) is 20.1. The van der Waals surface area contributed by atoms with Crippen LogP contribution in [-0.4, -0.2) is 60.9 Å². The fourth-order valence-corrected chi connectivity index (χ4v) is 4.57. The molecule has 0 radical (unpaired) electrons. The fraction of sp³-hybridized carbons (Fsp3) is 0.423. The van der Waals surface area contributed by atoms with Crippen molar-refractivity contribution in [2.75, 3.05) is 66.0 Å². The molecule has 5 rings (SSSR count). The summed E-state index contributed by atoms with van der Waals surface area (Å²) >= 11 is 0. The number of fused-ring (bicyclic) bond motifs is 1. The van der Waals surface area contributed by atoms with Crippen molar-refractivity contribution in [1.29, 1.82) is 0 Å². The molecule has 8 heteroatoms. The monoisotopic (exact) mass is 459 g/mol. The van der Waals surface area contributed by atoms with Crippen LogP contribution in [0.1, 0.15) is 25.0 Å². The van der Waals surface area contributed by atoms with E-state index in [4.69, 9.17) is 19.7 Å². The molecule has 2 aliphatic rings. The second kappa shape index (κ2) is 10.3. The third-order valence-corrected chi connectivity index (χ3v) is 6.57. The lowest BCUT2D eigenvalue weighted by Gasteiger charge is -2.30. The molecule has 0 amide bonds. The lowest BCUT2D eigenvalue weighted by molar-refractivity contribution is 0.122. The predicted octanol–water partition coefficient (Wildman–Crippen LogP) is 3.86. The van der Waals surface area contributed by atoms with Gasteiger partial charge in [0.15, 0.2) is 0 Å². The first kappa shape index (κ1) is 22.4. The average molecular weight is 460 g/mol. The van der Waals surface area contributed by atoms with E-state index in [0.29, 0.717) is 11.9 Å². The number of nitrogens with zero attached hydrogens (tertiary/aromatic N) is 6. The Kier molecular flexibility index (Phi) is 6.76. The number of ether oxygens (including phenoxy) is 1. The number of nitrogens with one attached hydrogen (secondary N) is 1. The van der Waals surface area contributed by atoms with Crippen LogP contribution >= 0.6 is 0 Å². The second-order valence-electron chi connectivity index (χ2n) is 8.64. The summed E-state index contributed by atoms with van der Waals surface area (Å²) in [6.07, 6.45) is 0.994. The van der Waals surface area contributed by atoms with Gasteiger partial charge in [0.2, 0.25) is 17.8 Å². The van der Waals surface area contributed by atoms with Gasteiger partial charge >= 0.3 is 0 Å². The number of morpholine rings is 1. The summed E-state index contributed by atoms with van der Waals surface area (Å²) in [5.74, 6) is 2.00. The molecule has 0 bridgehead atoms. The van der Waals surface area contributed by atoms with Gasteiger partial charge in [-0.05, 0) is 55.7 Å². The van der Waals surface area contributed by atoms with E-state index in [1.807, 2.05) is 0 Å². The van der Waals surface area contributed by atoms with Crippen LogP contribution in [0.4, 0.5) is 29.2 Å². The van der Waals surface area contributed by atoms with Gasteiger partial charge in [-0.1, -0.05) is 24.3 Å². The first-order valence-corrected chi connectivity index (χ1v) is 12.3. The van der Waals surface area contributed by atoms with Gasteiger partial charge in [-0.15, -0.1) is 0 Å². The Labute approximate surface area is 201 Å². The molecule has 1 aromatic heterocycles. The third kappa shape index (κ3) is 4.92. The highest BCUT2D eigenvalue weighted by atomic mass is 16.5. The molecule has 3 aromatic rings. The molecule has 0 aliphatic carbocycles. The number of aromatic nitrogens is 3. The van der Waals surface area contributed by atoms with E-state index in [0.717, 1.165) is 70.5 Å². The molecule has 2 aromatic carbocycles. The zero-order valence-electron chi connectivity index (χ0n) is 20.1. The van der Waals surface area contributed by atoms with Crippen LogP contribution in [0.5, 0.6) is 0 Å². The van der Waals surface area contributed by atoms with Gasteiger partial charge < -0.3 is 24.8 Å². The molecule has 0 atom stereocenters. The Morgan fingerprint density at radius 2 is 1.59 bits per heavy atom. The molecule has 0 unspecified atom stereocenters. The van der Waals surface area contributed by atoms with Crippen LogP contribution in [0.2, 0.25) is 0 Å². The summed E-state index contributed by atoms with van der Waals surface area (Å²) in [5.41, 5.74) is 4.92. The van der Waals surface area contributed by atoms with Gasteiger partial charge in [0.1, 0.15) is 0 Å². The van der Waals surface area contributed by atoms with Crippen molar-refractivity contribution in [2.45, 2.75) is 26.8 Å². The first-order chi connectivity index (χ1) is 16.7. The minimum Gasteiger partial charge on any atom is -0.378 e. The molecule has 1 fully saturated rings. The molecule has 0 saturated carbocycles. The molecule has 2 aliphatic heterocycles. The lowest BCUT2D eigenvalue weighted by atomic mass is 10.0. The molecule has 178 valence electrons. The van der Waals surface area contributed by atoms with E-state index < -0.39 is 0 Å². The van der Waals surface area contributed by atoms with Crippen molar-refractivity contribution >= 4 is 29.2 Å². The number of benzene rings is 2. The largest absolute Gasteiger partial charge is 0.378 e. The van der Waals surface area contributed by atoms with Crippen LogP contribution < -0.4 is 20.0 Å². The van der Waals surface area contributed by atoms with Crippen molar-refractivity contribution in [3.63, 3.8) is 0 Å². The van der Waals surface area contributed by atoms with Crippen molar-refractivity contribution < 1.29 is 4.74 Å². The van der Waals surface area contributed by atoms with E-state index in [2.05, 4.69) is 82.4 Å². The standard InChI is InChI=1S/C26H33N7O/c1-3-31(4-2)25-28-24(27-22-9-11-23(12-10-22)32-15-17-34-18-16-32)29-26(30-25)33-14-13-20-7-5-6-8-21(20)19-33/h5-12H,3-4,13-19H2,1-2H3,(H,27,28,29,30). The van der Waals surface area contributed by atoms with E-state index >= 15 is 0 Å². The number of anilines is 5.